The Kier molecular flexibility index (Phi) is 5.36. The molecule has 0 rings (SSSR count). The summed E-state index contributed by atoms with van der Waals surface area (Å²) >= 11 is 0. The van der Waals surface area contributed by atoms with Crippen LogP contribution in [-0.2, 0) is 0 Å². The topological polar surface area (TPSA) is 15.3 Å². The molecular formula is C6H17N2P. The van der Waals surface area contributed by atoms with E-state index in [4.69, 9.17) is 0 Å². The van der Waals surface area contributed by atoms with Gasteiger partial charge in [-0.05, 0) is 20.9 Å². The number of nitrogens with one attached hydrogen (secondary N) is 1. The standard InChI is InChI=1S/C6H17N2P/c1-6(2)7-4-8(3)5-9/h6-7H,4-5,9H2,1-3H3. The monoisotopic (exact) mass is 148 g/mol. The minimum absolute atomic E-state index is 0.587. The summed E-state index contributed by atoms with van der Waals surface area (Å²) < 4.78 is 0. The van der Waals surface area contributed by atoms with Gasteiger partial charge in [0, 0.05) is 19.0 Å². The van der Waals surface area contributed by atoms with E-state index in [1.165, 1.54) is 0 Å². The highest BCUT2D eigenvalue weighted by molar-refractivity contribution is 7.16. The van der Waals surface area contributed by atoms with Crippen LogP contribution in [0.5, 0.6) is 0 Å². The van der Waals surface area contributed by atoms with Crippen molar-refractivity contribution in [2.75, 3.05) is 20.0 Å². The molecule has 0 aromatic heterocycles. The smallest absolute Gasteiger partial charge is 0.0482 e. The normalized spacial score (nSPS) is 11.3. The first-order valence-corrected chi connectivity index (χ1v) is 4.10. The first-order chi connectivity index (χ1) is 4.16. The van der Waals surface area contributed by atoms with Gasteiger partial charge in [0.05, 0.1) is 0 Å². The van der Waals surface area contributed by atoms with Crippen molar-refractivity contribution in [1.29, 1.82) is 0 Å². The third kappa shape index (κ3) is 6.23. The molecule has 0 aliphatic rings. The lowest BCUT2D eigenvalue weighted by atomic mass is 10.4. The number of hydrogen-bond acceptors (Lipinski definition) is 2. The van der Waals surface area contributed by atoms with Gasteiger partial charge in [-0.1, -0.05) is 0 Å². The molecule has 1 N–H and O–H groups in total. The van der Waals surface area contributed by atoms with E-state index in [2.05, 4.69) is 40.4 Å². The van der Waals surface area contributed by atoms with Crippen LogP contribution in [0.4, 0.5) is 0 Å². The molecule has 0 saturated carbocycles. The lowest BCUT2D eigenvalue weighted by molar-refractivity contribution is 0.339. The first kappa shape index (κ1) is 9.35. The maximum Gasteiger partial charge on any atom is 0.0482 e. The van der Waals surface area contributed by atoms with Crippen LogP contribution >= 0.6 is 9.24 Å². The molecule has 0 aliphatic heterocycles. The van der Waals surface area contributed by atoms with Gasteiger partial charge in [0.2, 0.25) is 0 Å². The molecule has 0 saturated heterocycles. The van der Waals surface area contributed by atoms with Crippen LogP contribution in [0.15, 0.2) is 0 Å². The Hall–Kier alpha value is 0.350. The molecule has 1 atom stereocenters. The fourth-order valence-corrected chi connectivity index (χ4v) is 0.532. The highest BCUT2D eigenvalue weighted by Gasteiger charge is 1.93. The predicted molar refractivity (Wildman–Crippen MR) is 45.5 cm³/mol. The van der Waals surface area contributed by atoms with Crippen LogP contribution in [0.3, 0.4) is 0 Å². The van der Waals surface area contributed by atoms with Crippen LogP contribution < -0.4 is 5.32 Å². The zero-order valence-electron chi connectivity index (χ0n) is 6.52. The van der Waals surface area contributed by atoms with Crippen LogP contribution in [0.2, 0.25) is 0 Å². The van der Waals surface area contributed by atoms with Crippen molar-refractivity contribution < 1.29 is 0 Å². The van der Waals surface area contributed by atoms with E-state index in [0.717, 1.165) is 13.0 Å². The molecule has 0 radical (unpaired) electrons. The molecule has 2 nitrogen and oxygen atoms in total. The molecule has 0 aliphatic carbocycles. The predicted octanol–water partition coefficient (Wildman–Crippen LogP) is 0.706. The highest BCUT2D eigenvalue weighted by Crippen LogP contribution is 1.86. The Balaban J connectivity index is 3.06. The Labute approximate surface area is 60.2 Å². The molecule has 0 spiro atoms. The van der Waals surface area contributed by atoms with E-state index in [-0.39, 0.29) is 0 Å². The van der Waals surface area contributed by atoms with Gasteiger partial charge < -0.3 is 5.32 Å². The summed E-state index contributed by atoms with van der Waals surface area (Å²) in [5, 5.41) is 3.31. The summed E-state index contributed by atoms with van der Waals surface area (Å²) in [6.45, 7) is 5.27. The molecule has 1 unspecified atom stereocenters. The van der Waals surface area contributed by atoms with Gasteiger partial charge in [-0.3, -0.25) is 4.90 Å². The van der Waals surface area contributed by atoms with Crippen LogP contribution in [0, 0.1) is 0 Å². The summed E-state index contributed by atoms with van der Waals surface area (Å²) in [6, 6.07) is 0.587. The maximum absolute atomic E-state index is 3.31. The minimum Gasteiger partial charge on any atom is -0.302 e. The second-order valence-corrected chi connectivity index (χ2v) is 2.92. The zero-order chi connectivity index (χ0) is 7.28. The van der Waals surface area contributed by atoms with Gasteiger partial charge in [-0.25, -0.2) is 0 Å². The fourth-order valence-electron chi connectivity index (χ4n) is 0.403. The SMILES string of the molecule is CC(C)NCN(C)CP. The number of hydrogen-bond donors (Lipinski definition) is 1. The second-order valence-electron chi connectivity index (χ2n) is 2.56. The van der Waals surface area contributed by atoms with Crippen LogP contribution in [0.1, 0.15) is 13.8 Å². The fraction of sp³-hybridized carbons (Fsp3) is 1.00. The van der Waals surface area contributed by atoms with E-state index >= 15 is 0 Å². The summed E-state index contributed by atoms with van der Waals surface area (Å²) in [7, 11) is 4.77. The molecule has 0 heterocycles. The summed E-state index contributed by atoms with van der Waals surface area (Å²) in [6.07, 6.45) is 1.03. The molecule has 0 amide bonds. The number of rotatable bonds is 4. The molecule has 56 valence electrons. The Morgan fingerprint density at radius 1 is 1.56 bits per heavy atom. The molecule has 0 bridgehead atoms. The molecule has 3 heteroatoms. The van der Waals surface area contributed by atoms with Gasteiger partial charge in [0.25, 0.3) is 0 Å². The summed E-state index contributed by atoms with van der Waals surface area (Å²) in [5.74, 6) is 0. The Bertz CT molecular complexity index is 66.1. The van der Waals surface area contributed by atoms with Gasteiger partial charge in [0.1, 0.15) is 0 Å². The number of nitrogens with zero attached hydrogens (tertiary/aromatic N) is 1. The first-order valence-electron chi connectivity index (χ1n) is 3.28. The maximum atomic E-state index is 3.31. The van der Waals surface area contributed by atoms with E-state index in [0.29, 0.717) is 6.04 Å². The van der Waals surface area contributed by atoms with E-state index < -0.39 is 0 Å². The van der Waals surface area contributed by atoms with Crippen LogP contribution in [-0.4, -0.2) is 30.9 Å². The van der Waals surface area contributed by atoms with Gasteiger partial charge in [0.15, 0.2) is 0 Å². The quantitative estimate of drug-likeness (QED) is 0.466. The van der Waals surface area contributed by atoms with E-state index in [9.17, 15) is 0 Å². The molecular weight excluding hydrogens is 131 g/mol. The second kappa shape index (κ2) is 5.16. The molecule has 0 aromatic carbocycles. The highest BCUT2D eigenvalue weighted by atomic mass is 31.0. The van der Waals surface area contributed by atoms with Crippen molar-refractivity contribution in [2.45, 2.75) is 19.9 Å². The Morgan fingerprint density at radius 3 is 2.44 bits per heavy atom. The third-order valence-electron chi connectivity index (χ3n) is 1.08. The average molecular weight is 148 g/mol. The lowest BCUT2D eigenvalue weighted by Gasteiger charge is -2.16. The molecule has 0 fully saturated rings. The van der Waals surface area contributed by atoms with Crippen molar-refractivity contribution in [1.82, 2.24) is 10.2 Å². The van der Waals surface area contributed by atoms with Crippen molar-refractivity contribution in [3.8, 4) is 0 Å². The summed E-state index contributed by atoms with van der Waals surface area (Å²) in [5.41, 5.74) is 0. The van der Waals surface area contributed by atoms with Crippen molar-refractivity contribution in [3.63, 3.8) is 0 Å². The zero-order valence-corrected chi connectivity index (χ0v) is 7.67. The minimum atomic E-state index is 0.587. The largest absolute Gasteiger partial charge is 0.302 e. The summed E-state index contributed by atoms with van der Waals surface area (Å²) in [4.78, 5) is 2.20. The van der Waals surface area contributed by atoms with Crippen LogP contribution in [0.25, 0.3) is 0 Å². The van der Waals surface area contributed by atoms with Gasteiger partial charge in [-0.2, -0.15) is 0 Å². The van der Waals surface area contributed by atoms with Crippen molar-refractivity contribution >= 4 is 9.24 Å². The van der Waals surface area contributed by atoms with Crippen molar-refractivity contribution in [2.24, 2.45) is 0 Å². The third-order valence-corrected chi connectivity index (χ3v) is 1.70. The average Bonchev–Trinajstić information content (AvgIpc) is 1.83. The van der Waals surface area contributed by atoms with Gasteiger partial charge >= 0.3 is 0 Å². The lowest BCUT2D eigenvalue weighted by Crippen LogP contribution is -2.34. The molecule has 9 heavy (non-hydrogen) atoms. The van der Waals surface area contributed by atoms with E-state index in [1.54, 1.807) is 0 Å². The van der Waals surface area contributed by atoms with Crippen molar-refractivity contribution in [3.05, 3.63) is 0 Å². The Morgan fingerprint density at radius 2 is 2.11 bits per heavy atom. The van der Waals surface area contributed by atoms with E-state index in [1.807, 2.05) is 0 Å². The van der Waals surface area contributed by atoms with Gasteiger partial charge in [-0.15, -0.1) is 9.24 Å². The molecule has 0 aromatic rings.